The van der Waals surface area contributed by atoms with E-state index < -0.39 is 5.60 Å². The summed E-state index contributed by atoms with van der Waals surface area (Å²) in [5.74, 6) is 0.227. The maximum absolute atomic E-state index is 11.7. The predicted octanol–water partition coefficient (Wildman–Crippen LogP) is 1.91. The lowest BCUT2D eigenvalue weighted by atomic mass is 9.53. The first kappa shape index (κ1) is 9.20. The van der Waals surface area contributed by atoms with E-state index in [9.17, 15) is 9.90 Å². The van der Waals surface area contributed by atoms with Gasteiger partial charge in [-0.3, -0.25) is 4.79 Å². The minimum absolute atomic E-state index is 0.0686. The van der Waals surface area contributed by atoms with Gasteiger partial charge in [-0.05, 0) is 38.0 Å². The fraction of sp³-hybridized carbons (Fsp3) is 0.909. The van der Waals surface area contributed by atoms with Crippen molar-refractivity contribution in [3.8, 4) is 0 Å². The van der Waals surface area contributed by atoms with Crippen molar-refractivity contribution >= 4 is 5.78 Å². The Morgan fingerprint density at radius 3 is 2.77 bits per heavy atom. The highest BCUT2D eigenvalue weighted by atomic mass is 16.3. The summed E-state index contributed by atoms with van der Waals surface area (Å²) in [5, 5.41) is 10.1. The molecular formula is C11H18O2. The van der Waals surface area contributed by atoms with E-state index in [0.29, 0.717) is 12.2 Å². The molecule has 3 rings (SSSR count). The van der Waals surface area contributed by atoms with Crippen LogP contribution in [-0.4, -0.2) is 16.5 Å². The molecule has 0 radical (unpaired) electrons. The summed E-state index contributed by atoms with van der Waals surface area (Å²) in [6.45, 7) is 3.97. The Balaban J connectivity index is 2.32. The number of rotatable bonds is 1. The lowest BCUT2D eigenvalue weighted by Gasteiger charge is -2.52. The van der Waals surface area contributed by atoms with E-state index in [-0.39, 0.29) is 11.3 Å². The Bertz CT molecular complexity index is 244. The van der Waals surface area contributed by atoms with Crippen LogP contribution in [0.1, 0.15) is 46.0 Å². The molecule has 1 N–H and O–H groups in total. The first-order valence-corrected chi connectivity index (χ1v) is 5.24. The Morgan fingerprint density at radius 1 is 1.62 bits per heavy atom. The van der Waals surface area contributed by atoms with E-state index in [1.807, 2.05) is 6.92 Å². The molecule has 0 aromatic rings. The summed E-state index contributed by atoms with van der Waals surface area (Å²) in [7, 11) is 0. The molecule has 0 spiro atoms. The summed E-state index contributed by atoms with van der Waals surface area (Å²) in [6, 6.07) is 0. The Labute approximate surface area is 79.3 Å². The van der Waals surface area contributed by atoms with Crippen molar-refractivity contribution in [2.24, 2.45) is 11.3 Å². The SMILES string of the molecule is CC[C@]12CC[C@H](C(=O)C1)[C@](C)(O)C2. The van der Waals surface area contributed by atoms with Gasteiger partial charge in [0.1, 0.15) is 5.78 Å². The molecule has 0 aromatic heterocycles. The molecule has 74 valence electrons. The van der Waals surface area contributed by atoms with Crippen molar-refractivity contribution in [2.75, 3.05) is 0 Å². The third-order valence-corrected chi connectivity index (χ3v) is 4.13. The number of ketones is 1. The fourth-order valence-electron chi connectivity index (χ4n) is 3.31. The van der Waals surface area contributed by atoms with Crippen molar-refractivity contribution in [1.82, 2.24) is 0 Å². The monoisotopic (exact) mass is 182 g/mol. The second-order valence-corrected chi connectivity index (χ2v) is 5.12. The predicted molar refractivity (Wildman–Crippen MR) is 50.3 cm³/mol. The van der Waals surface area contributed by atoms with Crippen molar-refractivity contribution in [3.05, 3.63) is 0 Å². The van der Waals surface area contributed by atoms with Crippen LogP contribution >= 0.6 is 0 Å². The van der Waals surface area contributed by atoms with Crippen LogP contribution in [0.2, 0.25) is 0 Å². The molecule has 0 aliphatic heterocycles. The van der Waals surface area contributed by atoms with Crippen LogP contribution in [0.3, 0.4) is 0 Å². The van der Waals surface area contributed by atoms with Gasteiger partial charge < -0.3 is 5.11 Å². The van der Waals surface area contributed by atoms with E-state index in [4.69, 9.17) is 0 Å². The summed E-state index contributed by atoms with van der Waals surface area (Å²) in [5.41, 5.74) is -0.584. The molecule has 3 fully saturated rings. The number of carbonyl (C=O) groups excluding carboxylic acids is 1. The number of hydrogen-bond acceptors (Lipinski definition) is 2. The maximum atomic E-state index is 11.7. The van der Waals surface area contributed by atoms with Crippen LogP contribution in [0.5, 0.6) is 0 Å². The molecule has 0 unspecified atom stereocenters. The fourth-order valence-corrected chi connectivity index (χ4v) is 3.31. The highest BCUT2D eigenvalue weighted by Crippen LogP contribution is 2.54. The summed E-state index contributed by atoms with van der Waals surface area (Å²) < 4.78 is 0. The smallest absolute Gasteiger partial charge is 0.139 e. The van der Waals surface area contributed by atoms with Gasteiger partial charge in [0.05, 0.1) is 5.60 Å². The number of aliphatic hydroxyl groups is 1. The van der Waals surface area contributed by atoms with Gasteiger partial charge in [0.25, 0.3) is 0 Å². The van der Waals surface area contributed by atoms with Gasteiger partial charge in [-0.25, -0.2) is 0 Å². The van der Waals surface area contributed by atoms with Crippen LogP contribution in [0.4, 0.5) is 0 Å². The van der Waals surface area contributed by atoms with E-state index in [0.717, 1.165) is 25.7 Å². The largest absolute Gasteiger partial charge is 0.389 e. The molecule has 3 saturated carbocycles. The molecule has 0 saturated heterocycles. The van der Waals surface area contributed by atoms with Gasteiger partial charge in [-0.2, -0.15) is 0 Å². The van der Waals surface area contributed by atoms with Gasteiger partial charge in [0, 0.05) is 12.3 Å². The minimum Gasteiger partial charge on any atom is -0.389 e. The van der Waals surface area contributed by atoms with Crippen LogP contribution < -0.4 is 0 Å². The molecule has 3 aliphatic rings. The van der Waals surface area contributed by atoms with Gasteiger partial charge in [-0.1, -0.05) is 6.92 Å². The molecule has 0 amide bonds. The zero-order valence-corrected chi connectivity index (χ0v) is 8.47. The highest BCUT2D eigenvalue weighted by molar-refractivity contribution is 5.84. The van der Waals surface area contributed by atoms with Crippen LogP contribution in [0, 0.1) is 11.3 Å². The Kier molecular flexibility index (Phi) is 1.82. The second kappa shape index (κ2) is 2.57. The third-order valence-electron chi connectivity index (χ3n) is 4.13. The van der Waals surface area contributed by atoms with Crippen LogP contribution in [0.15, 0.2) is 0 Å². The molecule has 0 heterocycles. The normalized spacial score (nSPS) is 49.8. The number of hydrogen-bond donors (Lipinski definition) is 1. The Hall–Kier alpha value is -0.370. The first-order valence-electron chi connectivity index (χ1n) is 5.24. The van der Waals surface area contributed by atoms with Crippen LogP contribution in [-0.2, 0) is 4.79 Å². The molecular weight excluding hydrogens is 164 g/mol. The molecule has 13 heavy (non-hydrogen) atoms. The molecule has 0 aromatic carbocycles. The zero-order chi connectivity index (χ0) is 9.69. The molecule has 2 heteroatoms. The van der Waals surface area contributed by atoms with Gasteiger partial charge in [-0.15, -0.1) is 0 Å². The standard InChI is InChI=1S/C11H18O2/c1-3-11-5-4-8(9(12)6-11)10(2,13)7-11/h8,13H,3-7H2,1-2H3/t8-,10-,11+/m1/s1. The van der Waals surface area contributed by atoms with Crippen molar-refractivity contribution < 1.29 is 9.90 Å². The molecule has 3 atom stereocenters. The van der Waals surface area contributed by atoms with E-state index in [1.165, 1.54) is 0 Å². The quantitative estimate of drug-likeness (QED) is 0.672. The van der Waals surface area contributed by atoms with E-state index in [1.54, 1.807) is 0 Å². The number of Topliss-reactive ketones (excluding diaryl/α,β-unsaturated/α-hetero) is 1. The first-order chi connectivity index (χ1) is 5.99. The lowest BCUT2D eigenvalue weighted by Crippen LogP contribution is -2.55. The second-order valence-electron chi connectivity index (χ2n) is 5.12. The molecule has 3 aliphatic carbocycles. The number of fused-ring (bicyclic) bond motifs is 3. The highest BCUT2D eigenvalue weighted by Gasteiger charge is 2.54. The maximum Gasteiger partial charge on any atom is 0.139 e. The third kappa shape index (κ3) is 1.23. The van der Waals surface area contributed by atoms with Gasteiger partial charge in [0.15, 0.2) is 0 Å². The summed E-state index contributed by atoms with van der Waals surface area (Å²) in [4.78, 5) is 11.7. The average Bonchev–Trinajstić information content (AvgIpc) is 2.02. The van der Waals surface area contributed by atoms with Crippen molar-refractivity contribution in [2.45, 2.75) is 51.6 Å². The summed E-state index contributed by atoms with van der Waals surface area (Å²) >= 11 is 0. The minimum atomic E-state index is -0.719. The average molecular weight is 182 g/mol. The summed E-state index contributed by atoms with van der Waals surface area (Å²) in [6.07, 6.45) is 4.61. The van der Waals surface area contributed by atoms with E-state index in [2.05, 4.69) is 6.92 Å². The molecule has 2 nitrogen and oxygen atoms in total. The molecule has 2 bridgehead atoms. The van der Waals surface area contributed by atoms with Crippen molar-refractivity contribution in [1.29, 1.82) is 0 Å². The topological polar surface area (TPSA) is 37.3 Å². The zero-order valence-electron chi connectivity index (χ0n) is 8.47. The number of carbonyl (C=O) groups is 1. The van der Waals surface area contributed by atoms with Gasteiger partial charge in [0.2, 0.25) is 0 Å². The lowest BCUT2D eigenvalue weighted by molar-refractivity contribution is -0.160. The van der Waals surface area contributed by atoms with Crippen molar-refractivity contribution in [3.63, 3.8) is 0 Å². The van der Waals surface area contributed by atoms with Crippen LogP contribution in [0.25, 0.3) is 0 Å². The van der Waals surface area contributed by atoms with E-state index >= 15 is 0 Å². The Morgan fingerprint density at radius 2 is 2.31 bits per heavy atom. The van der Waals surface area contributed by atoms with Gasteiger partial charge >= 0.3 is 0 Å².